The Morgan fingerprint density at radius 2 is 0.500 bits per heavy atom. The molecule has 6 radical (unpaired) electrons. The van der Waals surface area contributed by atoms with Crippen LogP contribution >= 0.6 is 0 Å². The van der Waals surface area contributed by atoms with E-state index in [2.05, 4.69) is 0 Å². The van der Waals surface area contributed by atoms with Crippen molar-refractivity contribution in [2.24, 2.45) is 0 Å². The fraction of sp³-hybridized carbons (Fsp3) is 0. The Morgan fingerprint density at radius 3 is 0.667 bits per heavy atom. The van der Waals surface area contributed by atoms with Gasteiger partial charge in [0.2, 0.25) is 0 Å². The molecule has 0 aromatic heterocycles. The summed E-state index contributed by atoms with van der Waals surface area (Å²) in [6.07, 6.45) is 0. The molecule has 0 aromatic rings. The van der Waals surface area contributed by atoms with E-state index in [4.69, 9.17) is 0 Å². The molecule has 0 amide bonds. The van der Waals surface area contributed by atoms with Crippen molar-refractivity contribution in [3.63, 3.8) is 0 Å². The quantitative estimate of drug-likeness (QED) is 0.366. The summed E-state index contributed by atoms with van der Waals surface area (Å²) < 4.78 is 0. The molecule has 1 rings (SSSR count). The van der Waals surface area contributed by atoms with Crippen LogP contribution in [-0.2, 0) is 0 Å². The summed E-state index contributed by atoms with van der Waals surface area (Å²) >= 11 is 6.75. The van der Waals surface area contributed by atoms with Crippen LogP contribution in [0.2, 0.25) is 0 Å². The zero-order valence-corrected chi connectivity index (χ0v) is 13.9. The van der Waals surface area contributed by atoms with Crippen molar-refractivity contribution in [1.29, 1.82) is 0 Å². The van der Waals surface area contributed by atoms with Gasteiger partial charge in [-0.25, -0.2) is 0 Å². The van der Waals surface area contributed by atoms with Gasteiger partial charge in [-0.2, -0.15) is 0 Å². The minimum atomic E-state index is 1.12. The van der Waals surface area contributed by atoms with Crippen molar-refractivity contribution in [2.45, 2.75) is 0 Å². The third-order valence-corrected chi connectivity index (χ3v) is 175. The van der Waals surface area contributed by atoms with Crippen molar-refractivity contribution in [1.82, 2.24) is 0 Å². The molecule has 0 nitrogen and oxygen atoms in total. The van der Waals surface area contributed by atoms with E-state index in [1.165, 1.54) is 0 Å². The average molecular weight is 450 g/mol. The second-order valence-corrected chi connectivity index (χ2v) is 75.3. The van der Waals surface area contributed by atoms with E-state index in [0.29, 0.717) is 0 Å². The summed E-state index contributed by atoms with van der Waals surface area (Å²) in [4.78, 5) is 0. The maximum absolute atomic E-state index is 1.12. The van der Waals surface area contributed by atoms with Crippen molar-refractivity contribution < 1.29 is 0 Å². The Balaban J connectivity index is 2.00. The van der Waals surface area contributed by atoms with Gasteiger partial charge in [-0.1, -0.05) is 0 Å². The van der Waals surface area contributed by atoms with Crippen LogP contribution in [0.15, 0.2) is 0 Å². The van der Waals surface area contributed by atoms with Gasteiger partial charge in [0.1, 0.15) is 0 Å². The van der Waals surface area contributed by atoms with E-state index in [9.17, 15) is 0 Å². The summed E-state index contributed by atoms with van der Waals surface area (Å²) in [5.74, 6) is 0. The average Bonchev–Trinajstić information content (AvgIpc) is 1.72. The maximum atomic E-state index is 1.12. The first kappa shape index (κ1) is 7.46. The monoisotopic (exact) mass is 450 g/mol. The molecule has 0 unspecified atom stereocenters. The fourth-order valence-corrected chi connectivity index (χ4v) is 407. The minimum absolute atomic E-state index is 1.12. The first-order valence-corrected chi connectivity index (χ1v) is 32.4. The van der Waals surface area contributed by atoms with Gasteiger partial charge in [0.15, 0.2) is 0 Å². The second-order valence-electron chi connectivity index (χ2n) is 0.537. The van der Waals surface area contributed by atoms with Gasteiger partial charge < -0.3 is 0 Å². The summed E-state index contributed by atoms with van der Waals surface area (Å²) in [6.45, 7) is 0. The molecular weight excluding hydrogens is 450 g/mol. The summed E-state index contributed by atoms with van der Waals surface area (Å²) in [5, 5.41) is 0. The molecule has 6 heavy (non-hydrogen) atoms. The molecule has 0 aromatic carbocycles. The van der Waals surface area contributed by atoms with Gasteiger partial charge >= 0.3 is 69.7 Å². The van der Waals surface area contributed by atoms with E-state index in [0.717, 1.165) is 69.7 Å². The third-order valence-electron chi connectivity index (χ3n) is 0.240. The molecule has 1 aliphatic heterocycles. The molecule has 0 spiro atoms. The van der Waals surface area contributed by atoms with E-state index in [1.54, 1.807) is 0 Å². The standard InChI is InChI=1S/As6/c1-2-4-6-5-3-1. The topological polar surface area (TPSA) is 0 Å². The van der Waals surface area contributed by atoms with Crippen LogP contribution in [-0.4, -0.2) is 69.7 Å². The van der Waals surface area contributed by atoms with Gasteiger partial charge in [0, 0.05) is 0 Å². The SMILES string of the molecule is [As]1[As][As][As][As][As]1. The van der Waals surface area contributed by atoms with Gasteiger partial charge in [-0.05, 0) is 0 Å². The van der Waals surface area contributed by atoms with Crippen molar-refractivity contribution in [3.05, 3.63) is 0 Å². The molecular formula is As6. The summed E-state index contributed by atoms with van der Waals surface area (Å²) in [5.41, 5.74) is 0. The molecule has 6 heteroatoms. The van der Waals surface area contributed by atoms with Crippen molar-refractivity contribution in [3.8, 4) is 0 Å². The van der Waals surface area contributed by atoms with E-state index in [1.807, 2.05) is 0 Å². The second kappa shape index (κ2) is 5.16. The Morgan fingerprint density at radius 1 is 0.333 bits per heavy atom. The predicted octanol–water partition coefficient (Wildman–Crippen LogP) is -2.28. The van der Waals surface area contributed by atoms with Crippen LogP contribution in [0.3, 0.4) is 0 Å². The van der Waals surface area contributed by atoms with Crippen LogP contribution in [0.5, 0.6) is 0 Å². The van der Waals surface area contributed by atoms with Crippen LogP contribution in [0.4, 0.5) is 0 Å². The first-order valence-electron chi connectivity index (χ1n) is 1.20. The van der Waals surface area contributed by atoms with Crippen LogP contribution in [0, 0.1) is 0 Å². The Labute approximate surface area is 68.0 Å². The van der Waals surface area contributed by atoms with Crippen LogP contribution < -0.4 is 0 Å². The Hall–Kier alpha value is 3.35. The number of hydrogen-bond donors (Lipinski definition) is 0. The Bertz CT molecular complexity index is 15.5. The first-order chi connectivity index (χ1) is 3.00. The zero-order valence-electron chi connectivity index (χ0n) is 2.68. The molecule has 0 atom stereocenters. The zero-order chi connectivity index (χ0) is 4.24. The van der Waals surface area contributed by atoms with E-state index in [-0.39, 0.29) is 0 Å². The molecule has 1 heterocycles. The number of hydrogen-bond acceptors (Lipinski definition) is 0. The summed E-state index contributed by atoms with van der Waals surface area (Å²) in [7, 11) is 0. The molecule has 0 N–H and O–H groups in total. The number of rotatable bonds is 0. The van der Waals surface area contributed by atoms with Crippen molar-refractivity contribution >= 4 is 69.7 Å². The summed E-state index contributed by atoms with van der Waals surface area (Å²) in [6, 6.07) is 0. The molecule has 30 valence electrons. The Kier molecular flexibility index (Phi) is 6.41. The molecule has 1 aliphatic rings. The van der Waals surface area contributed by atoms with Crippen molar-refractivity contribution in [2.75, 3.05) is 0 Å². The van der Waals surface area contributed by atoms with E-state index < -0.39 is 0 Å². The van der Waals surface area contributed by atoms with Gasteiger partial charge in [0.25, 0.3) is 0 Å². The van der Waals surface area contributed by atoms with E-state index >= 15 is 0 Å². The molecule has 0 saturated carbocycles. The molecule has 1 saturated heterocycles. The normalized spacial score (nSPS) is 48.0. The van der Waals surface area contributed by atoms with Gasteiger partial charge in [-0.3, -0.25) is 0 Å². The predicted molar refractivity (Wildman–Crippen MR) is 34.5 cm³/mol. The molecule has 1 fully saturated rings. The fourth-order valence-electron chi connectivity index (χ4n) is 0.107. The molecule has 0 bridgehead atoms. The van der Waals surface area contributed by atoms with Gasteiger partial charge in [-0.15, -0.1) is 0 Å². The van der Waals surface area contributed by atoms with Gasteiger partial charge in [0.05, 0.1) is 0 Å². The van der Waals surface area contributed by atoms with Crippen LogP contribution in [0.1, 0.15) is 0 Å². The van der Waals surface area contributed by atoms with Crippen LogP contribution in [0.25, 0.3) is 0 Å². The third kappa shape index (κ3) is 3.39. The molecule has 0 aliphatic carbocycles.